The molecule has 0 aliphatic carbocycles. The Morgan fingerprint density at radius 1 is 1.19 bits per heavy atom. The van der Waals surface area contributed by atoms with E-state index in [1.807, 2.05) is 6.07 Å². The lowest BCUT2D eigenvalue weighted by Gasteiger charge is -2.41. The second-order valence-electron chi connectivity index (χ2n) is 8.48. The van der Waals surface area contributed by atoms with E-state index < -0.39 is 14.4 Å². The zero-order chi connectivity index (χ0) is 20.0. The first-order chi connectivity index (χ1) is 12.5. The third-order valence-electron chi connectivity index (χ3n) is 5.73. The van der Waals surface area contributed by atoms with Gasteiger partial charge in [-0.25, -0.2) is 4.79 Å². The van der Waals surface area contributed by atoms with E-state index in [-0.39, 0.29) is 30.3 Å². The molecule has 0 aromatic heterocycles. The molecular formula is C20H28O6Si. The quantitative estimate of drug-likeness (QED) is 0.425. The average Bonchev–Trinajstić information content (AvgIpc) is 3.17. The van der Waals surface area contributed by atoms with E-state index in [0.29, 0.717) is 22.8 Å². The maximum Gasteiger partial charge on any atom is 0.333 e. The highest BCUT2D eigenvalue weighted by Crippen LogP contribution is 2.48. The van der Waals surface area contributed by atoms with Crippen molar-refractivity contribution in [3.63, 3.8) is 0 Å². The molecule has 148 valence electrons. The van der Waals surface area contributed by atoms with E-state index in [2.05, 4.69) is 40.4 Å². The highest BCUT2D eigenvalue weighted by atomic mass is 28.4. The molecule has 0 unspecified atom stereocenters. The number of rotatable bonds is 5. The van der Waals surface area contributed by atoms with Crippen LogP contribution in [0.3, 0.4) is 0 Å². The fourth-order valence-corrected chi connectivity index (χ4v) is 4.25. The van der Waals surface area contributed by atoms with Crippen molar-refractivity contribution in [1.29, 1.82) is 0 Å². The Bertz CT molecular complexity index is 764. The molecule has 2 heterocycles. The maximum absolute atomic E-state index is 12.0. The smallest absolute Gasteiger partial charge is 0.333 e. The summed E-state index contributed by atoms with van der Waals surface area (Å²) in [5.74, 6) is 1.27. The number of hydrogen-bond acceptors (Lipinski definition) is 6. The van der Waals surface area contributed by atoms with Gasteiger partial charge in [0.2, 0.25) is 6.79 Å². The standard InChI is InChI=1S/C20H28O6Si/c1-12-14(10-23-19(12)21)18(26-27(6,7)20(2,3)4)13-8-16-17(25-11-24-16)9-15(13)22-5/h8-9,14,18H,1,10-11H2,2-7H3/t14-,18-/m0/s1. The van der Waals surface area contributed by atoms with Gasteiger partial charge in [0.15, 0.2) is 19.8 Å². The van der Waals surface area contributed by atoms with Gasteiger partial charge >= 0.3 is 5.97 Å². The molecule has 1 fully saturated rings. The van der Waals surface area contributed by atoms with Crippen LogP contribution in [0.4, 0.5) is 0 Å². The van der Waals surface area contributed by atoms with Gasteiger partial charge in [-0.1, -0.05) is 27.4 Å². The van der Waals surface area contributed by atoms with Crippen molar-refractivity contribution in [2.75, 3.05) is 20.5 Å². The van der Waals surface area contributed by atoms with Crippen LogP contribution in [-0.2, 0) is 14.0 Å². The average molecular weight is 393 g/mol. The summed E-state index contributed by atoms with van der Waals surface area (Å²) in [4.78, 5) is 12.0. The molecule has 0 N–H and O–H groups in total. The molecule has 7 heteroatoms. The predicted molar refractivity (Wildman–Crippen MR) is 104 cm³/mol. The van der Waals surface area contributed by atoms with Gasteiger partial charge in [-0.15, -0.1) is 0 Å². The molecule has 6 nitrogen and oxygen atoms in total. The Morgan fingerprint density at radius 2 is 1.81 bits per heavy atom. The van der Waals surface area contributed by atoms with Crippen molar-refractivity contribution >= 4 is 14.3 Å². The molecule has 1 aromatic carbocycles. The van der Waals surface area contributed by atoms with Crippen LogP contribution < -0.4 is 14.2 Å². The highest BCUT2D eigenvalue weighted by Gasteiger charge is 2.45. The van der Waals surface area contributed by atoms with Gasteiger partial charge in [0.25, 0.3) is 0 Å². The highest BCUT2D eigenvalue weighted by molar-refractivity contribution is 6.74. The van der Waals surface area contributed by atoms with E-state index in [0.717, 1.165) is 5.56 Å². The number of carbonyl (C=O) groups is 1. The first kappa shape index (κ1) is 19.8. The number of hydrogen-bond donors (Lipinski definition) is 0. The van der Waals surface area contributed by atoms with Crippen LogP contribution in [-0.4, -0.2) is 34.8 Å². The van der Waals surface area contributed by atoms with Crippen LogP contribution in [0.1, 0.15) is 32.4 Å². The van der Waals surface area contributed by atoms with Crippen molar-refractivity contribution in [2.24, 2.45) is 5.92 Å². The molecule has 0 spiro atoms. The van der Waals surface area contributed by atoms with E-state index in [1.165, 1.54) is 0 Å². The predicted octanol–water partition coefficient (Wildman–Crippen LogP) is 4.22. The number of esters is 1. The van der Waals surface area contributed by atoms with Crippen LogP contribution >= 0.6 is 0 Å². The summed E-state index contributed by atoms with van der Waals surface area (Å²) in [6, 6.07) is 3.69. The number of benzene rings is 1. The zero-order valence-corrected chi connectivity index (χ0v) is 17.9. The molecule has 2 aliphatic heterocycles. The van der Waals surface area contributed by atoms with Crippen molar-refractivity contribution in [1.82, 2.24) is 0 Å². The minimum atomic E-state index is -2.17. The SMILES string of the molecule is C=C1C(=O)OC[C@@H]1[C@@H](O[Si](C)(C)C(C)(C)C)c1cc2c(cc1OC)OCO2. The van der Waals surface area contributed by atoms with E-state index in [1.54, 1.807) is 13.2 Å². The fourth-order valence-electron chi connectivity index (χ4n) is 2.97. The molecule has 2 atom stereocenters. The Kier molecular flexibility index (Phi) is 5.03. The molecule has 1 aromatic rings. The summed E-state index contributed by atoms with van der Waals surface area (Å²) in [6.07, 6.45) is -0.422. The van der Waals surface area contributed by atoms with Crippen molar-refractivity contribution in [3.05, 3.63) is 29.8 Å². The van der Waals surface area contributed by atoms with Gasteiger partial charge in [-0.2, -0.15) is 0 Å². The van der Waals surface area contributed by atoms with Gasteiger partial charge in [0.05, 0.1) is 19.1 Å². The van der Waals surface area contributed by atoms with E-state index >= 15 is 0 Å². The summed E-state index contributed by atoms with van der Waals surface area (Å²) < 4.78 is 28.6. The molecular weight excluding hydrogens is 364 g/mol. The second kappa shape index (κ2) is 6.87. The second-order valence-corrected chi connectivity index (χ2v) is 13.2. The van der Waals surface area contributed by atoms with Crippen LogP contribution in [0.5, 0.6) is 17.2 Å². The number of fused-ring (bicyclic) bond motifs is 1. The minimum Gasteiger partial charge on any atom is -0.496 e. The molecule has 0 radical (unpaired) electrons. The Labute approximate surface area is 161 Å². The minimum absolute atomic E-state index is 0.000369. The molecule has 2 aliphatic rings. The van der Waals surface area contributed by atoms with Gasteiger partial charge < -0.3 is 23.4 Å². The molecule has 27 heavy (non-hydrogen) atoms. The summed E-state index contributed by atoms with van der Waals surface area (Å²) in [5, 5.41) is -0.000369. The monoisotopic (exact) mass is 392 g/mol. The van der Waals surface area contributed by atoms with Crippen LogP contribution in [0.2, 0.25) is 18.1 Å². The van der Waals surface area contributed by atoms with Gasteiger partial charge in [-0.05, 0) is 24.2 Å². The van der Waals surface area contributed by atoms with Crippen molar-refractivity contribution in [2.45, 2.75) is 45.0 Å². The molecule has 3 rings (SSSR count). The summed E-state index contributed by atoms with van der Waals surface area (Å²) in [7, 11) is -0.560. The molecule has 0 amide bonds. The Balaban J connectivity index is 2.08. The van der Waals surface area contributed by atoms with Gasteiger partial charge in [0, 0.05) is 17.2 Å². The number of carbonyl (C=O) groups excluding carboxylic acids is 1. The lowest BCUT2D eigenvalue weighted by Crippen LogP contribution is -2.43. The van der Waals surface area contributed by atoms with Crippen LogP contribution in [0.15, 0.2) is 24.3 Å². The Hall–Kier alpha value is -1.99. The topological polar surface area (TPSA) is 63.2 Å². The number of methoxy groups -OCH3 is 1. The largest absolute Gasteiger partial charge is 0.496 e. The normalized spacial score (nSPS) is 20.6. The first-order valence-corrected chi connectivity index (χ1v) is 12.0. The lowest BCUT2D eigenvalue weighted by atomic mass is 9.91. The number of cyclic esters (lactones) is 1. The number of ether oxygens (including phenoxy) is 4. The van der Waals surface area contributed by atoms with Gasteiger partial charge in [-0.3, -0.25) is 0 Å². The van der Waals surface area contributed by atoms with Crippen molar-refractivity contribution < 1.29 is 28.2 Å². The van der Waals surface area contributed by atoms with E-state index in [4.69, 9.17) is 23.4 Å². The maximum atomic E-state index is 12.0. The third kappa shape index (κ3) is 3.58. The molecule has 1 saturated heterocycles. The van der Waals surface area contributed by atoms with E-state index in [9.17, 15) is 4.79 Å². The summed E-state index contributed by atoms with van der Waals surface area (Å²) >= 11 is 0. The molecule has 0 bridgehead atoms. The first-order valence-electron chi connectivity index (χ1n) is 9.06. The Morgan fingerprint density at radius 3 is 2.33 bits per heavy atom. The van der Waals surface area contributed by atoms with Gasteiger partial charge in [0.1, 0.15) is 12.4 Å². The van der Waals surface area contributed by atoms with Crippen LogP contribution in [0, 0.1) is 5.92 Å². The summed E-state index contributed by atoms with van der Waals surface area (Å²) in [5.41, 5.74) is 1.24. The lowest BCUT2D eigenvalue weighted by molar-refractivity contribution is -0.135. The van der Waals surface area contributed by atoms with Crippen LogP contribution in [0.25, 0.3) is 0 Å². The summed E-state index contributed by atoms with van der Waals surface area (Å²) in [6.45, 7) is 15.3. The third-order valence-corrected chi connectivity index (χ3v) is 10.2. The molecule has 0 saturated carbocycles. The van der Waals surface area contributed by atoms with Crippen molar-refractivity contribution in [3.8, 4) is 17.2 Å². The fraction of sp³-hybridized carbons (Fsp3) is 0.550. The zero-order valence-electron chi connectivity index (χ0n) is 16.9.